The van der Waals surface area contributed by atoms with Crippen molar-refractivity contribution in [1.82, 2.24) is 0 Å². The van der Waals surface area contributed by atoms with Crippen LogP contribution in [0.1, 0.15) is 111 Å². The molecule has 1 heterocycles. The van der Waals surface area contributed by atoms with Crippen LogP contribution in [0.5, 0.6) is 5.75 Å². The predicted octanol–water partition coefficient (Wildman–Crippen LogP) is 8.05. The number of benzene rings is 1. The Morgan fingerprint density at radius 1 is 0.775 bits per heavy atom. The molecule has 2 atom stereocenters. The Morgan fingerprint density at radius 2 is 1.27 bits per heavy atom. The van der Waals surface area contributed by atoms with Crippen LogP contribution in [0.3, 0.4) is 0 Å². The second-order valence-electron chi connectivity index (χ2n) is 11.4. The molecule has 2 fully saturated rings. The van der Waals surface area contributed by atoms with Gasteiger partial charge in [-0.3, -0.25) is 0 Å². The number of carbonyl (C=O) groups is 2. The molecule has 3 rings (SSSR count). The fraction of sp³-hybridized carbons (Fsp3) is 0.742. The van der Waals surface area contributed by atoms with Crippen LogP contribution in [0, 0.1) is 11.8 Å². The van der Waals surface area contributed by atoms with E-state index < -0.39 is 43.4 Å². The molecule has 0 unspecified atom stereocenters. The van der Waals surface area contributed by atoms with Gasteiger partial charge in [0.2, 0.25) is 0 Å². The molecule has 1 aromatic rings. The van der Waals surface area contributed by atoms with Crippen molar-refractivity contribution < 1.29 is 42.7 Å². The van der Waals surface area contributed by atoms with Crippen molar-refractivity contribution in [3.8, 4) is 5.75 Å². The molecule has 9 nitrogen and oxygen atoms in total. The standard InChI is InChI=1S/C31H48O9/c1-6-7-8-10-23-12-14-24(15-13-23)11-9-20-34-26-18-16-25(17-19-26)27-37-28(39-30(32)35-21(2)3)29(38-27)40-31(33)36-22(4)5/h16-19,21-24,27-29H,6-15,20H2,1-5H3/t23-,24-,28-,29-/m1/s1. The molecule has 0 bridgehead atoms. The summed E-state index contributed by atoms with van der Waals surface area (Å²) < 4.78 is 37.9. The molecule has 1 aromatic carbocycles. The lowest BCUT2D eigenvalue weighted by Crippen LogP contribution is -2.34. The first-order valence-corrected chi connectivity index (χ1v) is 15.0. The van der Waals surface area contributed by atoms with E-state index in [2.05, 4.69) is 6.92 Å². The van der Waals surface area contributed by atoms with Crippen LogP contribution in [-0.4, -0.2) is 43.7 Å². The van der Waals surface area contributed by atoms with Crippen molar-refractivity contribution in [2.75, 3.05) is 6.61 Å². The van der Waals surface area contributed by atoms with Crippen LogP contribution in [0.15, 0.2) is 24.3 Å². The van der Waals surface area contributed by atoms with Gasteiger partial charge in [-0.05, 0) is 64.5 Å². The third-order valence-corrected chi connectivity index (χ3v) is 7.19. The summed E-state index contributed by atoms with van der Waals surface area (Å²) in [6.45, 7) is 9.70. The Kier molecular flexibility index (Phi) is 13.3. The van der Waals surface area contributed by atoms with Crippen molar-refractivity contribution in [1.29, 1.82) is 0 Å². The summed E-state index contributed by atoms with van der Waals surface area (Å²) in [7, 11) is 0. The van der Waals surface area contributed by atoms with Gasteiger partial charge in [-0.15, -0.1) is 0 Å². The minimum absolute atomic E-state index is 0.390. The van der Waals surface area contributed by atoms with Crippen LogP contribution in [0.25, 0.3) is 0 Å². The van der Waals surface area contributed by atoms with Gasteiger partial charge in [-0.2, -0.15) is 0 Å². The molecule has 0 radical (unpaired) electrons. The van der Waals surface area contributed by atoms with Gasteiger partial charge in [0.15, 0.2) is 6.29 Å². The average Bonchev–Trinajstić information content (AvgIpc) is 3.28. The fourth-order valence-electron chi connectivity index (χ4n) is 5.13. The topological polar surface area (TPSA) is 98.8 Å². The zero-order valence-electron chi connectivity index (χ0n) is 24.8. The summed E-state index contributed by atoms with van der Waals surface area (Å²) in [5.74, 6) is 2.52. The first-order chi connectivity index (χ1) is 19.2. The first-order valence-electron chi connectivity index (χ1n) is 15.0. The lowest BCUT2D eigenvalue weighted by Gasteiger charge is -2.28. The quantitative estimate of drug-likeness (QED) is 0.164. The van der Waals surface area contributed by atoms with Gasteiger partial charge in [0, 0.05) is 5.56 Å². The highest BCUT2D eigenvalue weighted by Crippen LogP contribution is 2.35. The number of carbonyl (C=O) groups excluding carboxylic acids is 2. The Bertz CT molecular complexity index is 845. The van der Waals surface area contributed by atoms with Gasteiger partial charge < -0.3 is 33.2 Å². The maximum atomic E-state index is 12.0. The highest BCUT2D eigenvalue weighted by atomic mass is 16.9. The van der Waals surface area contributed by atoms with Crippen molar-refractivity contribution in [3.05, 3.63) is 29.8 Å². The molecule has 2 aliphatic rings. The lowest BCUT2D eigenvalue weighted by atomic mass is 9.78. The van der Waals surface area contributed by atoms with Crippen LogP contribution in [0.2, 0.25) is 0 Å². The minimum atomic E-state index is -1.32. The molecule has 1 aliphatic heterocycles. The molecule has 0 spiro atoms. The third kappa shape index (κ3) is 11.2. The number of hydrogen-bond donors (Lipinski definition) is 0. The summed E-state index contributed by atoms with van der Waals surface area (Å²) in [5.41, 5.74) is 0.650. The second-order valence-corrected chi connectivity index (χ2v) is 11.4. The van der Waals surface area contributed by atoms with Gasteiger partial charge >= 0.3 is 12.3 Å². The summed E-state index contributed by atoms with van der Waals surface area (Å²) in [4.78, 5) is 24.1. The van der Waals surface area contributed by atoms with Gasteiger partial charge in [0.25, 0.3) is 12.6 Å². The Labute approximate surface area is 239 Å². The van der Waals surface area contributed by atoms with E-state index in [1.165, 1.54) is 57.8 Å². The fourth-order valence-corrected chi connectivity index (χ4v) is 5.13. The summed E-state index contributed by atoms with van der Waals surface area (Å²) in [5, 5.41) is 0. The van der Waals surface area contributed by atoms with Crippen molar-refractivity contribution in [3.63, 3.8) is 0 Å². The van der Waals surface area contributed by atoms with E-state index in [1.807, 2.05) is 12.1 Å². The Hall–Kier alpha value is -2.52. The monoisotopic (exact) mass is 564 g/mol. The van der Waals surface area contributed by atoms with Crippen molar-refractivity contribution >= 4 is 12.3 Å². The van der Waals surface area contributed by atoms with E-state index in [9.17, 15) is 9.59 Å². The SMILES string of the molecule is CCCCC[C@H]1CC[C@H](CCCOc2ccc(C3O[C@H](OC(=O)OC(C)C)[C@@H](OC(=O)OC(C)C)O3)cc2)CC1. The molecule has 0 N–H and O–H groups in total. The minimum Gasteiger partial charge on any atom is -0.494 e. The summed E-state index contributed by atoms with van der Waals surface area (Å²) in [6.07, 6.45) is 6.93. The summed E-state index contributed by atoms with van der Waals surface area (Å²) >= 11 is 0. The smallest absolute Gasteiger partial charge is 0.494 e. The van der Waals surface area contributed by atoms with Crippen LogP contribution >= 0.6 is 0 Å². The highest BCUT2D eigenvalue weighted by molar-refractivity contribution is 5.61. The van der Waals surface area contributed by atoms with Crippen LogP contribution in [-0.2, 0) is 28.4 Å². The van der Waals surface area contributed by atoms with E-state index in [1.54, 1.807) is 39.8 Å². The predicted molar refractivity (Wildman–Crippen MR) is 149 cm³/mol. The van der Waals surface area contributed by atoms with Gasteiger partial charge in [0.05, 0.1) is 18.8 Å². The number of ether oxygens (including phenoxy) is 7. The summed E-state index contributed by atoms with van der Waals surface area (Å²) in [6, 6.07) is 7.29. The Balaban J connectivity index is 1.43. The molecule has 40 heavy (non-hydrogen) atoms. The molecular formula is C31H48O9. The first kappa shape index (κ1) is 32.0. The molecule has 9 heteroatoms. The highest BCUT2D eigenvalue weighted by Gasteiger charge is 2.43. The molecule has 0 amide bonds. The van der Waals surface area contributed by atoms with Gasteiger partial charge in [-0.25, -0.2) is 9.59 Å². The van der Waals surface area contributed by atoms with Crippen molar-refractivity contribution in [2.24, 2.45) is 11.8 Å². The molecular weight excluding hydrogens is 516 g/mol. The average molecular weight is 565 g/mol. The zero-order chi connectivity index (χ0) is 28.9. The zero-order valence-corrected chi connectivity index (χ0v) is 24.8. The molecule has 226 valence electrons. The van der Waals surface area contributed by atoms with E-state index in [0.717, 1.165) is 24.0 Å². The van der Waals surface area contributed by atoms with Gasteiger partial charge in [-0.1, -0.05) is 70.4 Å². The number of unbranched alkanes of at least 4 members (excludes halogenated alkanes) is 2. The van der Waals surface area contributed by atoms with E-state index in [4.69, 9.17) is 33.2 Å². The molecule has 1 saturated carbocycles. The van der Waals surface area contributed by atoms with E-state index in [-0.39, 0.29) is 0 Å². The molecule has 1 aliphatic carbocycles. The third-order valence-electron chi connectivity index (χ3n) is 7.19. The van der Waals surface area contributed by atoms with Crippen LogP contribution in [0.4, 0.5) is 9.59 Å². The lowest BCUT2D eigenvalue weighted by molar-refractivity contribution is -0.163. The van der Waals surface area contributed by atoms with E-state index in [0.29, 0.717) is 12.2 Å². The molecule has 0 aromatic heterocycles. The maximum Gasteiger partial charge on any atom is 0.511 e. The maximum absolute atomic E-state index is 12.0. The van der Waals surface area contributed by atoms with Crippen molar-refractivity contribution in [2.45, 2.75) is 130 Å². The van der Waals surface area contributed by atoms with E-state index >= 15 is 0 Å². The number of rotatable bonds is 14. The second kappa shape index (κ2) is 16.7. The van der Waals surface area contributed by atoms with Crippen LogP contribution < -0.4 is 4.74 Å². The molecule has 1 saturated heterocycles. The van der Waals surface area contributed by atoms with Gasteiger partial charge in [0.1, 0.15) is 5.75 Å². The normalized spacial score (nSPS) is 23.3. The Morgan fingerprint density at radius 3 is 1.75 bits per heavy atom. The number of hydrogen-bond acceptors (Lipinski definition) is 9. The largest absolute Gasteiger partial charge is 0.511 e.